The number of carbonyl (C=O) groups is 2. The molecule has 1 fully saturated rings. The van der Waals surface area contributed by atoms with Gasteiger partial charge in [0.05, 0.1) is 17.9 Å². The maximum atomic E-state index is 13.7. The topological polar surface area (TPSA) is 53.1 Å². The lowest BCUT2D eigenvalue weighted by atomic mass is 10.00. The Balaban J connectivity index is 1.79. The van der Waals surface area contributed by atoms with Crippen LogP contribution >= 0.6 is 0 Å². The van der Waals surface area contributed by atoms with Crippen molar-refractivity contribution in [2.45, 2.75) is 25.8 Å². The van der Waals surface area contributed by atoms with Crippen LogP contribution in [-0.2, 0) is 9.59 Å². The summed E-state index contributed by atoms with van der Waals surface area (Å²) in [6.45, 7) is 4.11. The molecule has 2 aromatic rings. The van der Waals surface area contributed by atoms with Gasteiger partial charge in [0.25, 0.3) is 11.8 Å². The van der Waals surface area contributed by atoms with Crippen LogP contribution in [0.3, 0.4) is 0 Å². The summed E-state index contributed by atoms with van der Waals surface area (Å²) in [7, 11) is 3.95. The minimum Gasteiger partial charge on any atom is -0.492 e. The summed E-state index contributed by atoms with van der Waals surface area (Å²) >= 11 is 0. The number of anilines is 1. The fourth-order valence-electron chi connectivity index (χ4n) is 4.43. The molecule has 168 valence electrons. The number of carbonyl (C=O) groups excluding carboxylic acids is 2. The van der Waals surface area contributed by atoms with Gasteiger partial charge in [-0.25, -0.2) is 9.29 Å². The van der Waals surface area contributed by atoms with Gasteiger partial charge in [0, 0.05) is 13.1 Å². The molecule has 2 aliphatic heterocycles. The molecular formula is C25H28FN3O3. The first-order valence-corrected chi connectivity index (χ1v) is 10.9. The molecule has 32 heavy (non-hydrogen) atoms. The highest BCUT2D eigenvalue weighted by Crippen LogP contribution is 2.39. The monoisotopic (exact) mass is 437 g/mol. The van der Waals surface area contributed by atoms with Gasteiger partial charge in [-0.2, -0.15) is 0 Å². The van der Waals surface area contributed by atoms with Crippen molar-refractivity contribution in [3.8, 4) is 5.75 Å². The summed E-state index contributed by atoms with van der Waals surface area (Å²) in [6, 6.07) is 12.9. The van der Waals surface area contributed by atoms with E-state index in [0.29, 0.717) is 34.9 Å². The van der Waals surface area contributed by atoms with Crippen molar-refractivity contribution in [2.75, 3.05) is 38.7 Å². The van der Waals surface area contributed by atoms with E-state index in [2.05, 4.69) is 11.9 Å². The van der Waals surface area contributed by atoms with Crippen molar-refractivity contribution in [1.82, 2.24) is 9.80 Å². The van der Waals surface area contributed by atoms with Crippen LogP contribution in [0.25, 0.3) is 5.57 Å². The molecule has 0 N–H and O–H groups in total. The summed E-state index contributed by atoms with van der Waals surface area (Å²) < 4.78 is 19.3. The van der Waals surface area contributed by atoms with Gasteiger partial charge in [0.2, 0.25) is 0 Å². The maximum absolute atomic E-state index is 13.7. The highest BCUT2D eigenvalue weighted by molar-refractivity contribution is 6.45. The second-order valence-corrected chi connectivity index (χ2v) is 8.22. The Hall–Kier alpha value is -3.19. The summed E-state index contributed by atoms with van der Waals surface area (Å²) in [5.74, 6) is -0.736. The van der Waals surface area contributed by atoms with Gasteiger partial charge in [0.15, 0.2) is 0 Å². The fraction of sp³-hybridized carbons (Fsp3) is 0.360. The third kappa shape index (κ3) is 4.00. The average Bonchev–Trinajstić information content (AvgIpc) is 3.05. The molecule has 4 rings (SSSR count). The van der Waals surface area contributed by atoms with Gasteiger partial charge in [-0.15, -0.1) is 0 Å². The zero-order valence-electron chi connectivity index (χ0n) is 18.7. The number of amides is 2. The molecule has 0 saturated carbocycles. The lowest BCUT2D eigenvalue weighted by Crippen LogP contribution is -2.43. The number of nitrogens with zero attached hydrogens (tertiary/aromatic N) is 3. The van der Waals surface area contributed by atoms with E-state index < -0.39 is 11.7 Å². The van der Waals surface area contributed by atoms with E-state index in [1.54, 1.807) is 36.4 Å². The molecule has 0 bridgehead atoms. The lowest BCUT2D eigenvalue weighted by Gasteiger charge is -2.36. The van der Waals surface area contributed by atoms with E-state index in [9.17, 15) is 14.0 Å². The number of ether oxygens (including phenoxy) is 1. The van der Waals surface area contributed by atoms with Crippen LogP contribution in [0.4, 0.5) is 10.1 Å². The van der Waals surface area contributed by atoms with Crippen molar-refractivity contribution in [1.29, 1.82) is 0 Å². The number of imide groups is 1. The van der Waals surface area contributed by atoms with E-state index >= 15 is 0 Å². The molecule has 0 unspecified atom stereocenters. The third-order valence-corrected chi connectivity index (χ3v) is 6.19. The smallest absolute Gasteiger partial charge is 0.282 e. The van der Waals surface area contributed by atoms with Gasteiger partial charge >= 0.3 is 0 Å². The summed E-state index contributed by atoms with van der Waals surface area (Å²) in [5, 5.41) is 0. The van der Waals surface area contributed by atoms with E-state index in [0.717, 1.165) is 25.9 Å². The zero-order valence-corrected chi connectivity index (χ0v) is 18.7. The minimum absolute atomic E-state index is 0.135. The fourth-order valence-corrected chi connectivity index (χ4v) is 4.43. The number of halogens is 1. The second-order valence-electron chi connectivity index (χ2n) is 8.22. The van der Waals surface area contributed by atoms with Gasteiger partial charge in [0.1, 0.15) is 17.3 Å². The van der Waals surface area contributed by atoms with E-state index in [-0.39, 0.29) is 11.9 Å². The number of para-hydroxylation sites is 2. The first kappa shape index (κ1) is 22.0. The highest BCUT2D eigenvalue weighted by atomic mass is 19.1. The standard InChI is InChI=1S/C25H28FN3O3/c1-4-32-21-8-6-5-7-20(21)29-24(30)22(17-9-11-18(26)12-10-17)23(25(29)31)28(3)19-13-15-27(2)16-14-19/h5-12,19H,4,13-16H2,1-3H3. The molecule has 0 aromatic heterocycles. The zero-order chi connectivity index (χ0) is 22.8. The summed E-state index contributed by atoms with van der Waals surface area (Å²) in [4.78, 5) is 32.8. The quantitative estimate of drug-likeness (QED) is 0.647. The van der Waals surface area contributed by atoms with Gasteiger partial charge in [-0.05, 0) is 69.7 Å². The number of hydrogen-bond donors (Lipinski definition) is 0. The highest BCUT2D eigenvalue weighted by Gasteiger charge is 2.44. The normalized spacial score (nSPS) is 17.9. The molecule has 6 nitrogen and oxygen atoms in total. The molecule has 0 radical (unpaired) electrons. The van der Waals surface area contributed by atoms with E-state index in [4.69, 9.17) is 4.74 Å². The Morgan fingerprint density at radius 2 is 1.69 bits per heavy atom. The Labute approximate surface area is 187 Å². The van der Waals surface area contributed by atoms with Crippen LogP contribution in [0.2, 0.25) is 0 Å². The Kier molecular flexibility index (Phi) is 6.28. The van der Waals surface area contributed by atoms with Crippen molar-refractivity contribution in [3.63, 3.8) is 0 Å². The molecule has 2 aromatic carbocycles. The Bertz CT molecular complexity index is 1040. The summed E-state index contributed by atoms with van der Waals surface area (Å²) in [5.41, 5.74) is 1.58. The Morgan fingerprint density at radius 1 is 1.03 bits per heavy atom. The van der Waals surface area contributed by atoms with Crippen LogP contribution in [0.15, 0.2) is 54.2 Å². The molecule has 1 saturated heterocycles. The summed E-state index contributed by atoms with van der Waals surface area (Å²) in [6.07, 6.45) is 1.79. The van der Waals surface area contributed by atoms with Gasteiger partial charge in [-0.3, -0.25) is 9.59 Å². The maximum Gasteiger partial charge on any atom is 0.282 e. The SMILES string of the molecule is CCOc1ccccc1N1C(=O)C(c2ccc(F)cc2)=C(N(C)C2CCN(C)CC2)C1=O. The van der Waals surface area contributed by atoms with Crippen molar-refractivity contribution < 1.29 is 18.7 Å². The number of piperidine rings is 1. The number of likely N-dealkylation sites (N-methyl/N-ethyl adjacent to an activating group) is 1. The second kappa shape index (κ2) is 9.12. The van der Waals surface area contributed by atoms with E-state index in [1.807, 2.05) is 18.9 Å². The first-order chi connectivity index (χ1) is 15.4. The van der Waals surface area contributed by atoms with Crippen LogP contribution in [0.1, 0.15) is 25.3 Å². The van der Waals surface area contributed by atoms with Crippen molar-refractivity contribution in [2.24, 2.45) is 0 Å². The average molecular weight is 438 g/mol. The Morgan fingerprint density at radius 3 is 2.34 bits per heavy atom. The van der Waals surface area contributed by atoms with Crippen LogP contribution in [0, 0.1) is 5.82 Å². The lowest BCUT2D eigenvalue weighted by molar-refractivity contribution is -0.120. The molecule has 0 aliphatic carbocycles. The molecule has 2 heterocycles. The largest absolute Gasteiger partial charge is 0.492 e. The van der Waals surface area contributed by atoms with E-state index in [1.165, 1.54) is 17.0 Å². The number of hydrogen-bond acceptors (Lipinski definition) is 5. The van der Waals surface area contributed by atoms with Crippen LogP contribution < -0.4 is 9.64 Å². The minimum atomic E-state index is -0.427. The van der Waals surface area contributed by atoms with Gasteiger partial charge < -0.3 is 14.5 Å². The number of benzene rings is 2. The number of rotatable bonds is 6. The molecule has 2 aliphatic rings. The number of likely N-dealkylation sites (tertiary alicyclic amines) is 1. The predicted octanol–water partition coefficient (Wildman–Crippen LogP) is 3.53. The molecule has 2 amide bonds. The van der Waals surface area contributed by atoms with Crippen molar-refractivity contribution in [3.05, 3.63) is 65.6 Å². The molecule has 0 atom stereocenters. The van der Waals surface area contributed by atoms with Crippen LogP contribution in [-0.4, -0.2) is 61.4 Å². The molecule has 7 heteroatoms. The molecule has 0 spiro atoms. The van der Waals surface area contributed by atoms with Crippen LogP contribution in [0.5, 0.6) is 5.75 Å². The predicted molar refractivity (Wildman–Crippen MR) is 122 cm³/mol. The molecular weight excluding hydrogens is 409 g/mol. The third-order valence-electron chi connectivity index (χ3n) is 6.19. The van der Waals surface area contributed by atoms with Gasteiger partial charge in [-0.1, -0.05) is 24.3 Å². The van der Waals surface area contributed by atoms with Crippen molar-refractivity contribution >= 4 is 23.1 Å². The first-order valence-electron chi connectivity index (χ1n) is 10.9.